The number of rotatable bonds is 3. The molecule has 1 fully saturated rings. The second kappa shape index (κ2) is 4.99. The normalized spacial score (nSPS) is 20.1. The SMILES string of the molecule is Fc1cc(F)c(F)c(NCC2CCSC2)c1. The van der Waals surface area contributed by atoms with Gasteiger partial charge >= 0.3 is 0 Å². The van der Waals surface area contributed by atoms with Crippen molar-refractivity contribution in [1.82, 2.24) is 0 Å². The zero-order valence-corrected chi connectivity index (χ0v) is 9.42. The number of thioether (sulfide) groups is 1. The summed E-state index contributed by atoms with van der Waals surface area (Å²) < 4.78 is 39.0. The summed E-state index contributed by atoms with van der Waals surface area (Å²) in [5.41, 5.74) is -0.0885. The topological polar surface area (TPSA) is 12.0 Å². The quantitative estimate of drug-likeness (QED) is 0.823. The van der Waals surface area contributed by atoms with E-state index in [-0.39, 0.29) is 5.69 Å². The van der Waals surface area contributed by atoms with Crippen LogP contribution in [0.3, 0.4) is 0 Å². The molecule has 0 radical (unpaired) electrons. The summed E-state index contributed by atoms with van der Waals surface area (Å²) in [6, 6.07) is 1.53. The molecule has 2 rings (SSSR count). The van der Waals surface area contributed by atoms with Crippen LogP contribution < -0.4 is 5.32 Å². The van der Waals surface area contributed by atoms with Crippen molar-refractivity contribution in [3.05, 3.63) is 29.6 Å². The van der Waals surface area contributed by atoms with Crippen molar-refractivity contribution in [2.24, 2.45) is 5.92 Å². The predicted octanol–water partition coefficient (Wildman–Crippen LogP) is 3.27. The molecule has 1 aliphatic heterocycles. The number of hydrogen-bond donors (Lipinski definition) is 1. The summed E-state index contributed by atoms with van der Waals surface area (Å²) in [4.78, 5) is 0. The third kappa shape index (κ3) is 2.64. The Kier molecular flexibility index (Phi) is 3.63. The van der Waals surface area contributed by atoms with Gasteiger partial charge in [-0.3, -0.25) is 0 Å². The number of benzene rings is 1. The maximum Gasteiger partial charge on any atom is 0.182 e. The van der Waals surface area contributed by atoms with Crippen LogP contribution in [0, 0.1) is 23.4 Å². The van der Waals surface area contributed by atoms with Crippen LogP contribution >= 0.6 is 11.8 Å². The molecule has 1 saturated heterocycles. The summed E-state index contributed by atoms with van der Waals surface area (Å²) >= 11 is 1.85. The number of anilines is 1. The van der Waals surface area contributed by atoms with Crippen molar-refractivity contribution in [1.29, 1.82) is 0 Å². The van der Waals surface area contributed by atoms with Gasteiger partial charge in [0, 0.05) is 18.7 Å². The highest BCUT2D eigenvalue weighted by atomic mass is 32.2. The van der Waals surface area contributed by atoms with Crippen molar-refractivity contribution in [3.63, 3.8) is 0 Å². The average Bonchev–Trinajstić information content (AvgIpc) is 2.74. The Balaban J connectivity index is 2.02. The van der Waals surface area contributed by atoms with Gasteiger partial charge in [-0.05, 0) is 23.8 Å². The van der Waals surface area contributed by atoms with Gasteiger partial charge in [0.05, 0.1) is 5.69 Å². The third-order valence-corrected chi connectivity index (χ3v) is 3.83. The van der Waals surface area contributed by atoms with Crippen molar-refractivity contribution in [2.45, 2.75) is 6.42 Å². The Labute approximate surface area is 96.4 Å². The van der Waals surface area contributed by atoms with E-state index in [1.807, 2.05) is 11.8 Å². The van der Waals surface area contributed by atoms with Crippen LogP contribution in [-0.4, -0.2) is 18.1 Å². The zero-order valence-electron chi connectivity index (χ0n) is 8.60. The molecule has 0 aliphatic carbocycles. The molecule has 1 unspecified atom stereocenters. The minimum Gasteiger partial charge on any atom is -0.382 e. The molecule has 1 aromatic carbocycles. The fraction of sp³-hybridized carbons (Fsp3) is 0.455. The highest BCUT2D eigenvalue weighted by molar-refractivity contribution is 7.99. The van der Waals surface area contributed by atoms with E-state index in [0.717, 1.165) is 24.0 Å². The number of hydrogen-bond acceptors (Lipinski definition) is 2. The minimum absolute atomic E-state index is 0.0885. The molecule has 0 bridgehead atoms. The molecule has 16 heavy (non-hydrogen) atoms. The maximum absolute atomic E-state index is 13.2. The first-order valence-electron chi connectivity index (χ1n) is 5.13. The molecule has 0 amide bonds. The average molecular weight is 247 g/mol. The van der Waals surface area contributed by atoms with Gasteiger partial charge in [0.25, 0.3) is 0 Å². The summed E-state index contributed by atoms with van der Waals surface area (Å²) in [6.07, 6.45) is 1.07. The second-order valence-electron chi connectivity index (χ2n) is 3.86. The summed E-state index contributed by atoms with van der Waals surface area (Å²) in [5, 5.41) is 2.77. The van der Waals surface area contributed by atoms with Crippen LogP contribution in [0.15, 0.2) is 12.1 Å². The molecular formula is C11H12F3NS. The fourth-order valence-electron chi connectivity index (χ4n) is 1.68. The van der Waals surface area contributed by atoms with Gasteiger partial charge in [0.15, 0.2) is 11.6 Å². The minimum atomic E-state index is -1.15. The van der Waals surface area contributed by atoms with Crippen molar-refractivity contribution >= 4 is 17.4 Å². The van der Waals surface area contributed by atoms with Crippen LogP contribution in [0.4, 0.5) is 18.9 Å². The Hall–Kier alpha value is -0.840. The molecule has 0 saturated carbocycles. The lowest BCUT2D eigenvalue weighted by Crippen LogP contribution is -2.14. The van der Waals surface area contributed by atoms with Crippen LogP contribution in [0.25, 0.3) is 0 Å². The highest BCUT2D eigenvalue weighted by Gasteiger charge is 2.17. The molecule has 1 aromatic rings. The molecule has 1 nitrogen and oxygen atoms in total. The smallest absolute Gasteiger partial charge is 0.182 e. The fourth-order valence-corrected chi connectivity index (χ4v) is 2.97. The van der Waals surface area contributed by atoms with Gasteiger partial charge in [0.1, 0.15) is 5.82 Å². The van der Waals surface area contributed by atoms with Crippen LogP contribution in [-0.2, 0) is 0 Å². The maximum atomic E-state index is 13.2. The first-order valence-corrected chi connectivity index (χ1v) is 6.28. The molecule has 1 aliphatic rings. The molecule has 0 spiro atoms. The molecular weight excluding hydrogens is 235 g/mol. The van der Waals surface area contributed by atoms with Gasteiger partial charge in [-0.1, -0.05) is 0 Å². The Morgan fingerprint density at radius 2 is 2.12 bits per heavy atom. The summed E-state index contributed by atoms with van der Waals surface area (Å²) in [6.45, 7) is 0.562. The third-order valence-electron chi connectivity index (χ3n) is 2.60. The summed E-state index contributed by atoms with van der Waals surface area (Å²) in [5.74, 6) is -0.341. The van der Waals surface area contributed by atoms with Crippen LogP contribution in [0.2, 0.25) is 0 Å². The monoisotopic (exact) mass is 247 g/mol. The predicted molar refractivity (Wildman–Crippen MR) is 60.2 cm³/mol. The molecule has 1 N–H and O–H groups in total. The molecule has 0 aromatic heterocycles. The zero-order chi connectivity index (χ0) is 11.5. The standard InChI is InChI=1S/C11H12F3NS/c12-8-3-9(13)11(14)10(4-8)15-5-7-1-2-16-6-7/h3-4,7,15H,1-2,5-6H2. The van der Waals surface area contributed by atoms with E-state index >= 15 is 0 Å². The van der Waals surface area contributed by atoms with Gasteiger partial charge in [-0.15, -0.1) is 0 Å². The lowest BCUT2D eigenvalue weighted by molar-refractivity contribution is 0.496. The van der Waals surface area contributed by atoms with Crippen molar-refractivity contribution in [3.8, 4) is 0 Å². The molecule has 5 heteroatoms. The molecule has 1 heterocycles. The Morgan fingerprint density at radius 1 is 1.31 bits per heavy atom. The van der Waals surface area contributed by atoms with Crippen molar-refractivity contribution in [2.75, 3.05) is 23.4 Å². The van der Waals surface area contributed by atoms with Crippen LogP contribution in [0.1, 0.15) is 6.42 Å². The van der Waals surface area contributed by atoms with Gasteiger partial charge in [-0.25, -0.2) is 13.2 Å². The van der Waals surface area contributed by atoms with Gasteiger partial charge < -0.3 is 5.32 Å². The van der Waals surface area contributed by atoms with E-state index in [0.29, 0.717) is 18.5 Å². The molecule has 1 atom stereocenters. The summed E-state index contributed by atoms with van der Waals surface area (Å²) in [7, 11) is 0. The first-order chi connectivity index (χ1) is 7.66. The Bertz CT molecular complexity index is 378. The van der Waals surface area contributed by atoms with E-state index in [1.54, 1.807) is 0 Å². The van der Waals surface area contributed by atoms with Crippen molar-refractivity contribution < 1.29 is 13.2 Å². The Morgan fingerprint density at radius 3 is 2.81 bits per heavy atom. The second-order valence-corrected chi connectivity index (χ2v) is 5.01. The first kappa shape index (κ1) is 11.6. The van der Waals surface area contributed by atoms with E-state index in [1.165, 1.54) is 0 Å². The van der Waals surface area contributed by atoms with Gasteiger partial charge in [0.2, 0.25) is 0 Å². The lowest BCUT2D eigenvalue weighted by atomic mass is 10.1. The largest absolute Gasteiger partial charge is 0.382 e. The van der Waals surface area contributed by atoms with E-state index in [4.69, 9.17) is 0 Å². The number of halogens is 3. The van der Waals surface area contributed by atoms with E-state index < -0.39 is 17.5 Å². The van der Waals surface area contributed by atoms with Gasteiger partial charge in [-0.2, -0.15) is 11.8 Å². The molecule has 88 valence electrons. The van der Waals surface area contributed by atoms with Crippen LogP contribution in [0.5, 0.6) is 0 Å². The van der Waals surface area contributed by atoms with E-state index in [2.05, 4.69) is 5.32 Å². The van der Waals surface area contributed by atoms with E-state index in [9.17, 15) is 13.2 Å². The highest BCUT2D eigenvalue weighted by Crippen LogP contribution is 2.25. The lowest BCUT2D eigenvalue weighted by Gasteiger charge is -2.12. The number of nitrogens with one attached hydrogen (secondary N) is 1.